The second kappa shape index (κ2) is 10.7. The molecule has 0 aliphatic carbocycles. The van der Waals surface area contributed by atoms with E-state index in [1.165, 1.54) is 5.56 Å². The van der Waals surface area contributed by atoms with Crippen molar-refractivity contribution >= 4 is 28.7 Å². The fourth-order valence-corrected chi connectivity index (χ4v) is 5.61. The van der Waals surface area contributed by atoms with E-state index >= 15 is 0 Å². The number of rotatable bonds is 6. The summed E-state index contributed by atoms with van der Waals surface area (Å²) < 4.78 is 1.71. The van der Waals surface area contributed by atoms with E-state index in [9.17, 15) is 4.79 Å². The monoisotopic (exact) mass is 552 g/mol. The summed E-state index contributed by atoms with van der Waals surface area (Å²) in [5.41, 5.74) is 6.39. The summed E-state index contributed by atoms with van der Waals surface area (Å²) in [5, 5.41) is 5.63. The lowest BCUT2D eigenvalue weighted by atomic mass is 9.77. The Morgan fingerprint density at radius 2 is 1.68 bits per heavy atom. The van der Waals surface area contributed by atoms with Crippen LogP contribution in [0.15, 0.2) is 94.5 Å². The first-order chi connectivity index (χ1) is 19.0. The number of benzene rings is 3. The van der Waals surface area contributed by atoms with Gasteiger partial charge in [-0.3, -0.25) is 15.1 Å². The van der Waals surface area contributed by atoms with E-state index in [1.807, 2.05) is 43.7 Å². The van der Waals surface area contributed by atoms with Gasteiger partial charge in [-0.05, 0) is 58.9 Å². The summed E-state index contributed by atoms with van der Waals surface area (Å²) in [5.74, 6) is 0. The molecule has 1 aliphatic rings. The highest BCUT2D eigenvalue weighted by Gasteiger charge is 2.41. The van der Waals surface area contributed by atoms with E-state index < -0.39 is 5.54 Å². The third-order valence-corrected chi connectivity index (χ3v) is 7.87. The lowest BCUT2D eigenvalue weighted by Crippen LogP contribution is -2.52. The molecule has 1 unspecified atom stereocenters. The predicted octanol–water partition coefficient (Wildman–Crippen LogP) is 6.90. The second-order valence-corrected chi connectivity index (χ2v) is 12.4. The summed E-state index contributed by atoms with van der Waals surface area (Å²) in [6.45, 7) is 10.3. The quantitative estimate of drug-likeness (QED) is 0.283. The molecular formula is C34H37ClN4O. The van der Waals surface area contributed by atoms with Crippen LogP contribution in [0.3, 0.4) is 0 Å². The number of aryl methyl sites for hydroxylation is 2. The molecule has 0 fully saturated rings. The van der Waals surface area contributed by atoms with Crippen LogP contribution in [0.2, 0.25) is 5.02 Å². The van der Waals surface area contributed by atoms with Crippen LogP contribution in [0, 0.1) is 12.3 Å². The zero-order chi connectivity index (χ0) is 28.7. The molecule has 0 saturated carbocycles. The normalized spacial score (nSPS) is 15.3. The van der Waals surface area contributed by atoms with Gasteiger partial charge in [0, 0.05) is 49.5 Å². The van der Waals surface area contributed by atoms with Gasteiger partial charge < -0.3 is 9.47 Å². The van der Waals surface area contributed by atoms with Crippen LogP contribution in [0.25, 0.3) is 22.0 Å². The Labute approximate surface area is 241 Å². The van der Waals surface area contributed by atoms with Crippen molar-refractivity contribution in [1.82, 2.24) is 14.8 Å². The van der Waals surface area contributed by atoms with Gasteiger partial charge in [-0.1, -0.05) is 80.4 Å². The molecule has 40 heavy (non-hydrogen) atoms. The Balaban J connectivity index is 1.87. The molecule has 4 aromatic rings. The fraction of sp³-hybridized carbons (Fsp3) is 0.294. The highest BCUT2D eigenvalue weighted by molar-refractivity contribution is 6.30. The summed E-state index contributed by atoms with van der Waals surface area (Å²) in [6, 6.07) is 24.6. The van der Waals surface area contributed by atoms with Gasteiger partial charge >= 0.3 is 0 Å². The molecule has 0 bridgehead atoms. The zero-order valence-electron chi connectivity index (χ0n) is 24.1. The lowest BCUT2D eigenvalue weighted by Gasteiger charge is -2.44. The number of aliphatic imine (C=N–C) groups is 1. The molecule has 206 valence electrons. The van der Waals surface area contributed by atoms with Crippen LogP contribution in [-0.2, 0) is 12.6 Å². The van der Waals surface area contributed by atoms with Crippen molar-refractivity contribution in [2.45, 2.75) is 33.2 Å². The summed E-state index contributed by atoms with van der Waals surface area (Å²) >= 11 is 6.40. The number of likely N-dealkylation sites (N-methyl/N-ethyl adjacent to an activating group) is 1. The maximum atomic E-state index is 13.0. The maximum Gasteiger partial charge on any atom is 0.251 e. The molecule has 5 rings (SSSR count). The molecule has 5 nitrogen and oxygen atoms in total. The van der Waals surface area contributed by atoms with E-state index in [0.717, 1.165) is 45.4 Å². The zero-order valence-corrected chi connectivity index (χ0v) is 24.9. The van der Waals surface area contributed by atoms with Crippen molar-refractivity contribution in [2.75, 3.05) is 20.1 Å². The van der Waals surface area contributed by atoms with Gasteiger partial charge in [0.15, 0.2) is 0 Å². The third kappa shape index (κ3) is 5.24. The van der Waals surface area contributed by atoms with Crippen LogP contribution in [-0.4, -0.2) is 35.8 Å². The number of hydrogen-bond acceptors (Lipinski definition) is 4. The minimum absolute atomic E-state index is 0.0275. The van der Waals surface area contributed by atoms with Gasteiger partial charge in [0.1, 0.15) is 5.54 Å². The highest BCUT2D eigenvalue weighted by Crippen LogP contribution is 2.42. The minimum atomic E-state index is -0.692. The number of aromatic nitrogens is 1. The Morgan fingerprint density at radius 1 is 0.950 bits per heavy atom. The molecule has 2 heterocycles. The average Bonchev–Trinajstić information content (AvgIpc) is 2.92. The van der Waals surface area contributed by atoms with Crippen LogP contribution < -0.4 is 10.9 Å². The smallest absolute Gasteiger partial charge is 0.251 e. The standard InChI is InChI=1S/C34H37ClN4O/c1-23-10-12-25(13-11-23)34(37-22-33(2,3)4,31-21-36-16-17-38(31)5)26-14-15-30-29(19-26)28(20-32(40)39(30)6)24-8-7-9-27(35)18-24/h7-16,18-21,37H,17,22H2,1-6H3. The molecule has 1 aromatic heterocycles. The molecule has 0 saturated heterocycles. The Morgan fingerprint density at radius 3 is 2.35 bits per heavy atom. The molecule has 1 atom stereocenters. The Kier molecular flexibility index (Phi) is 7.47. The van der Waals surface area contributed by atoms with E-state index in [2.05, 4.69) is 92.4 Å². The molecule has 6 heteroatoms. The summed E-state index contributed by atoms with van der Waals surface area (Å²) in [4.78, 5) is 19.9. The van der Waals surface area contributed by atoms with Crippen molar-refractivity contribution in [3.05, 3.63) is 117 Å². The summed E-state index contributed by atoms with van der Waals surface area (Å²) in [7, 11) is 3.93. The van der Waals surface area contributed by atoms with Crippen molar-refractivity contribution in [2.24, 2.45) is 17.5 Å². The third-order valence-electron chi connectivity index (χ3n) is 7.64. The number of nitrogens with one attached hydrogen (secondary N) is 1. The van der Waals surface area contributed by atoms with Gasteiger partial charge in [-0.25, -0.2) is 0 Å². The first-order valence-corrected chi connectivity index (χ1v) is 14.0. The van der Waals surface area contributed by atoms with Crippen molar-refractivity contribution in [3.63, 3.8) is 0 Å². The molecule has 1 aliphatic heterocycles. The van der Waals surface area contributed by atoms with Crippen LogP contribution in [0.4, 0.5) is 0 Å². The predicted molar refractivity (Wildman–Crippen MR) is 168 cm³/mol. The van der Waals surface area contributed by atoms with E-state index in [-0.39, 0.29) is 11.0 Å². The summed E-state index contributed by atoms with van der Waals surface area (Å²) in [6.07, 6.45) is 3.91. The number of pyridine rings is 1. The molecule has 0 radical (unpaired) electrons. The Hall–Kier alpha value is -3.67. The van der Waals surface area contributed by atoms with E-state index in [1.54, 1.807) is 10.6 Å². The highest BCUT2D eigenvalue weighted by atomic mass is 35.5. The van der Waals surface area contributed by atoms with Crippen molar-refractivity contribution < 1.29 is 0 Å². The average molecular weight is 553 g/mol. The van der Waals surface area contributed by atoms with E-state index in [0.29, 0.717) is 11.6 Å². The maximum absolute atomic E-state index is 13.0. The topological polar surface area (TPSA) is 49.6 Å². The van der Waals surface area contributed by atoms with Crippen LogP contribution >= 0.6 is 11.6 Å². The largest absolute Gasteiger partial charge is 0.369 e. The van der Waals surface area contributed by atoms with Gasteiger partial charge in [0.2, 0.25) is 0 Å². The number of hydrogen-bond donors (Lipinski definition) is 1. The first kappa shape index (κ1) is 27.9. The first-order valence-electron chi connectivity index (χ1n) is 13.7. The SMILES string of the molecule is Cc1ccc(C(NCC(C)(C)C)(C2=CN=CCN2C)c2ccc3c(c2)c(-c2cccc(Cl)c2)cc(=O)n3C)cc1. The molecular weight excluding hydrogens is 516 g/mol. The molecule has 1 N–H and O–H groups in total. The second-order valence-electron chi connectivity index (χ2n) is 12.0. The van der Waals surface area contributed by atoms with Crippen molar-refractivity contribution in [1.29, 1.82) is 0 Å². The van der Waals surface area contributed by atoms with Crippen LogP contribution in [0.5, 0.6) is 0 Å². The molecule has 0 amide bonds. The van der Waals surface area contributed by atoms with Crippen molar-refractivity contribution in [3.8, 4) is 11.1 Å². The fourth-order valence-electron chi connectivity index (χ4n) is 5.42. The lowest BCUT2D eigenvalue weighted by molar-refractivity contribution is 0.286. The van der Waals surface area contributed by atoms with Gasteiger partial charge in [0.25, 0.3) is 5.56 Å². The minimum Gasteiger partial charge on any atom is -0.369 e. The number of nitrogens with zero attached hydrogens (tertiary/aromatic N) is 3. The van der Waals surface area contributed by atoms with E-state index in [4.69, 9.17) is 11.6 Å². The van der Waals surface area contributed by atoms with Gasteiger partial charge in [0.05, 0.1) is 17.8 Å². The molecule has 0 spiro atoms. The Bertz CT molecular complexity index is 1680. The number of halogens is 1. The molecule has 3 aromatic carbocycles. The van der Waals surface area contributed by atoms with Gasteiger partial charge in [-0.15, -0.1) is 0 Å². The number of fused-ring (bicyclic) bond motifs is 1. The van der Waals surface area contributed by atoms with Crippen LogP contribution in [0.1, 0.15) is 37.5 Å². The van der Waals surface area contributed by atoms with Gasteiger partial charge in [-0.2, -0.15) is 0 Å².